The fourth-order valence-electron chi connectivity index (χ4n) is 4.20. The number of piperidine rings is 1. The molecule has 0 aliphatic carbocycles. The molecular formula is C25H26F2N2O2S. The zero-order valence-corrected chi connectivity index (χ0v) is 18.7. The summed E-state index contributed by atoms with van der Waals surface area (Å²) in [4.78, 5) is 2.35. The van der Waals surface area contributed by atoms with E-state index in [1.165, 1.54) is 34.6 Å². The number of rotatable bonds is 6. The summed E-state index contributed by atoms with van der Waals surface area (Å²) in [7, 11) is -3.84. The van der Waals surface area contributed by atoms with Gasteiger partial charge in [-0.2, -0.15) is 0 Å². The third kappa shape index (κ3) is 4.84. The van der Waals surface area contributed by atoms with Crippen LogP contribution in [0.5, 0.6) is 0 Å². The molecule has 1 saturated heterocycles. The van der Waals surface area contributed by atoms with E-state index in [-0.39, 0.29) is 16.8 Å². The number of anilines is 1. The van der Waals surface area contributed by atoms with Crippen LogP contribution in [0.1, 0.15) is 24.0 Å². The monoisotopic (exact) mass is 456 g/mol. The number of nitrogens with zero attached hydrogens (tertiary/aromatic N) is 2. The number of likely N-dealkylation sites (tertiary alicyclic amines) is 1. The molecule has 1 aliphatic heterocycles. The van der Waals surface area contributed by atoms with Crippen LogP contribution in [0.3, 0.4) is 0 Å². The van der Waals surface area contributed by atoms with Crippen LogP contribution in [0.15, 0.2) is 77.7 Å². The van der Waals surface area contributed by atoms with Crippen LogP contribution >= 0.6 is 0 Å². The smallest absolute Gasteiger partial charge is 0.264 e. The quantitative estimate of drug-likeness (QED) is 0.516. The standard InChI is InChI=1S/C25H26F2N2O2S/c1-19-5-4-7-24(17-19)32(30,31)29(22-11-9-21(26)10-12-22)23-13-15-28(16-14-23)18-20-6-2-3-8-25(20)27/h2-12,17,23H,13-16,18H2,1H3. The van der Waals surface area contributed by atoms with Crippen molar-refractivity contribution in [3.05, 3.63) is 95.6 Å². The lowest BCUT2D eigenvalue weighted by molar-refractivity contribution is 0.204. The van der Waals surface area contributed by atoms with Gasteiger partial charge in [-0.1, -0.05) is 30.3 Å². The van der Waals surface area contributed by atoms with Crippen molar-refractivity contribution in [2.75, 3.05) is 17.4 Å². The number of hydrogen-bond donors (Lipinski definition) is 0. The van der Waals surface area contributed by atoms with Gasteiger partial charge in [0.15, 0.2) is 0 Å². The zero-order chi connectivity index (χ0) is 22.7. The molecule has 0 amide bonds. The first kappa shape index (κ1) is 22.4. The van der Waals surface area contributed by atoms with Crippen LogP contribution < -0.4 is 4.31 Å². The van der Waals surface area contributed by atoms with Crippen molar-refractivity contribution in [1.82, 2.24) is 4.90 Å². The van der Waals surface area contributed by atoms with E-state index in [2.05, 4.69) is 4.90 Å². The zero-order valence-electron chi connectivity index (χ0n) is 17.9. The second kappa shape index (κ2) is 9.38. The summed E-state index contributed by atoms with van der Waals surface area (Å²) in [6.45, 7) is 3.61. The first-order valence-corrected chi connectivity index (χ1v) is 12.1. The van der Waals surface area contributed by atoms with Crippen LogP contribution in [0, 0.1) is 18.6 Å². The van der Waals surface area contributed by atoms with E-state index < -0.39 is 15.8 Å². The lowest BCUT2D eigenvalue weighted by atomic mass is 10.0. The van der Waals surface area contributed by atoms with Crippen LogP contribution in [-0.2, 0) is 16.6 Å². The van der Waals surface area contributed by atoms with Crippen molar-refractivity contribution in [3.63, 3.8) is 0 Å². The molecule has 32 heavy (non-hydrogen) atoms. The van der Waals surface area contributed by atoms with E-state index in [0.29, 0.717) is 43.7 Å². The molecule has 0 spiro atoms. The molecule has 0 saturated carbocycles. The Balaban J connectivity index is 1.59. The fraction of sp³-hybridized carbons (Fsp3) is 0.280. The van der Waals surface area contributed by atoms with E-state index in [4.69, 9.17) is 0 Å². The maximum atomic E-state index is 14.0. The van der Waals surface area contributed by atoms with Gasteiger partial charge in [-0.25, -0.2) is 17.2 Å². The van der Waals surface area contributed by atoms with Gasteiger partial charge in [0, 0.05) is 31.2 Å². The van der Waals surface area contributed by atoms with Gasteiger partial charge < -0.3 is 0 Å². The Hall–Kier alpha value is -2.77. The second-order valence-electron chi connectivity index (χ2n) is 8.19. The van der Waals surface area contributed by atoms with Crippen LogP contribution in [0.2, 0.25) is 0 Å². The lowest BCUT2D eigenvalue weighted by Crippen LogP contribution is -2.47. The van der Waals surface area contributed by atoms with Crippen molar-refractivity contribution < 1.29 is 17.2 Å². The maximum absolute atomic E-state index is 14.0. The second-order valence-corrected chi connectivity index (χ2v) is 10.0. The van der Waals surface area contributed by atoms with E-state index in [1.54, 1.807) is 30.3 Å². The predicted molar refractivity (Wildman–Crippen MR) is 122 cm³/mol. The minimum absolute atomic E-state index is 0.218. The van der Waals surface area contributed by atoms with Gasteiger partial charge >= 0.3 is 0 Å². The van der Waals surface area contributed by atoms with E-state index in [1.807, 2.05) is 19.1 Å². The van der Waals surface area contributed by atoms with E-state index >= 15 is 0 Å². The molecular weight excluding hydrogens is 430 g/mol. The van der Waals surface area contributed by atoms with E-state index in [9.17, 15) is 17.2 Å². The summed E-state index contributed by atoms with van der Waals surface area (Å²) < 4.78 is 56.3. The van der Waals surface area contributed by atoms with Crippen LogP contribution in [0.4, 0.5) is 14.5 Å². The highest BCUT2D eigenvalue weighted by molar-refractivity contribution is 7.92. The molecule has 0 bridgehead atoms. The predicted octanol–water partition coefficient (Wildman–Crippen LogP) is 5.13. The molecule has 0 atom stereocenters. The summed E-state index contributed by atoms with van der Waals surface area (Å²) >= 11 is 0. The molecule has 1 aliphatic rings. The average molecular weight is 457 g/mol. The van der Waals surface area contributed by atoms with Crippen molar-refractivity contribution in [2.24, 2.45) is 0 Å². The SMILES string of the molecule is Cc1cccc(S(=O)(=O)N(c2ccc(F)cc2)C2CCN(Cc3ccccc3F)CC2)c1. The Labute approximate surface area is 188 Å². The minimum atomic E-state index is -3.84. The molecule has 1 fully saturated rings. The molecule has 0 N–H and O–H groups in total. The molecule has 1 heterocycles. The maximum Gasteiger partial charge on any atom is 0.264 e. The first-order chi connectivity index (χ1) is 15.3. The molecule has 0 radical (unpaired) electrons. The highest BCUT2D eigenvalue weighted by Crippen LogP contribution is 2.31. The largest absolute Gasteiger partial charge is 0.299 e. The van der Waals surface area contributed by atoms with Crippen molar-refractivity contribution in [2.45, 2.75) is 37.2 Å². The summed E-state index contributed by atoms with van der Waals surface area (Å²) in [6, 6.07) is 18.8. The number of halogens is 2. The normalized spacial score (nSPS) is 15.6. The average Bonchev–Trinajstić information content (AvgIpc) is 2.78. The Bertz CT molecular complexity index is 1170. The van der Waals surface area contributed by atoms with Gasteiger partial charge in [0.2, 0.25) is 0 Å². The molecule has 3 aromatic carbocycles. The van der Waals surface area contributed by atoms with Gasteiger partial charge in [0.1, 0.15) is 11.6 Å². The third-order valence-electron chi connectivity index (χ3n) is 5.87. The van der Waals surface area contributed by atoms with Crippen molar-refractivity contribution in [3.8, 4) is 0 Å². The fourth-order valence-corrected chi connectivity index (χ4v) is 6.02. The Morgan fingerprint density at radius 3 is 2.28 bits per heavy atom. The summed E-state index contributed by atoms with van der Waals surface area (Å²) in [6.07, 6.45) is 1.19. The molecule has 3 aromatic rings. The highest BCUT2D eigenvalue weighted by atomic mass is 32.2. The molecule has 4 rings (SSSR count). The summed E-state index contributed by atoms with van der Waals surface area (Å²) in [5.74, 6) is -0.647. The number of aryl methyl sites for hydroxylation is 1. The van der Waals surface area contributed by atoms with Gasteiger partial charge in [-0.3, -0.25) is 9.21 Å². The molecule has 0 aromatic heterocycles. The molecule has 7 heteroatoms. The number of sulfonamides is 1. The highest BCUT2D eigenvalue weighted by Gasteiger charge is 2.34. The number of hydrogen-bond acceptors (Lipinski definition) is 3. The molecule has 0 unspecified atom stereocenters. The minimum Gasteiger partial charge on any atom is -0.299 e. The summed E-state index contributed by atoms with van der Waals surface area (Å²) in [5, 5.41) is 0. The summed E-state index contributed by atoms with van der Waals surface area (Å²) in [5.41, 5.74) is 1.93. The van der Waals surface area contributed by atoms with Gasteiger partial charge in [-0.15, -0.1) is 0 Å². The Morgan fingerprint density at radius 1 is 0.938 bits per heavy atom. The van der Waals surface area contributed by atoms with Crippen LogP contribution in [0.25, 0.3) is 0 Å². The third-order valence-corrected chi connectivity index (χ3v) is 7.74. The Kier molecular flexibility index (Phi) is 6.58. The van der Waals surface area contributed by atoms with Gasteiger partial charge in [0.05, 0.1) is 10.6 Å². The Morgan fingerprint density at radius 2 is 1.62 bits per heavy atom. The first-order valence-electron chi connectivity index (χ1n) is 10.7. The van der Waals surface area contributed by atoms with Gasteiger partial charge in [0.25, 0.3) is 10.0 Å². The van der Waals surface area contributed by atoms with Crippen molar-refractivity contribution >= 4 is 15.7 Å². The van der Waals surface area contributed by atoms with Crippen LogP contribution in [-0.4, -0.2) is 32.4 Å². The van der Waals surface area contributed by atoms with Crippen molar-refractivity contribution in [1.29, 1.82) is 0 Å². The topological polar surface area (TPSA) is 40.6 Å². The molecule has 168 valence electrons. The van der Waals surface area contributed by atoms with Gasteiger partial charge in [-0.05, 0) is 67.8 Å². The van der Waals surface area contributed by atoms with E-state index in [0.717, 1.165) is 5.56 Å². The number of benzene rings is 3. The lowest BCUT2D eigenvalue weighted by Gasteiger charge is -2.39. The molecule has 4 nitrogen and oxygen atoms in total.